The largest absolute Gasteiger partial charge is 0.346 e. The molecule has 0 spiro atoms. The fourth-order valence-electron chi connectivity index (χ4n) is 3.35. The van der Waals surface area contributed by atoms with Gasteiger partial charge in [-0.2, -0.15) is 4.98 Å². The minimum atomic E-state index is 0.136. The van der Waals surface area contributed by atoms with Crippen molar-refractivity contribution in [3.63, 3.8) is 0 Å². The molecule has 0 N–H and O–H groups in total. The Hall–Kier alpha value is -2.24. The van der Waals surface area contributed by atoms with Gasteiger partial charge in [0.05, 0.1) is 0 Å². The summed E-state index contributed by atoms with van der Waals surface area (Å²) in [6.07, 6.45) is 12.1. The molecular weight excluding hydrogens is 316 g/mol. The first-order valence-corrected chi connectivity index (χ1v) is 9.19. The lowest BCUT2D eigenvalue weighted by atomic mass is 9.87. The molecule has 0 atom stereocenters. The molecule has 2 aromatic heterocycles. The summed E-state index contributed by atoms with van der Waals surface area (Å²) in [5.41, 5.74) is 0.813. The van der Waals surface area contributed by atoms with Crippen LogP contribution in [0.3, 0.4) is 0 Å². The Morgan fingerprint density at radius 3 is 2.92 bits per heavy atom. The van der Waals surface area contributed by atoms with E-state index in [0.29, 0.717) is 24.6 Å². The molecule has 1 aliphatic carbocycles. The van der Waals surface area contributed by atoms with Crippen molar-refractivity contribution in [1.82, 2.24) is 20.0 Å². The third-order valence-corrected chi connectivity index (χ3v) is 4.96. The van der Waals surface area contributed by atoms with E-state index < -0.39 is 0 Å². The summed E-state index contributed by atoms with van der Waals surface area (Å²) in [4.78, 5) is 22.5. The van der Waals surface area contributed by atoms with E-state index in [4.69, 9.17) is 4.52 Å². The number of hydrogen-bond donors (Lipinski definition) is 0. The zero-order valence-corrected chi connectivity index (χ0v) is 14.9. The van der Waals surface area contributed by atoms with E-state index in [2.05, 4.69) is 15.1 Å². The molecule has 6 heteroatoms. The molecule has 2 aromatic rings. The van der Waals surface area contributed by atoms with E-state index >= 15 is 0 Å². The molecule has 0 unspecified atom stereocenters. The van der Waals surface area contributed by atoms with Crippen LogP contribution in [-0.4, -0.2) is 39.5 Å². The molecule has 0 aromatic carbocycles. The molecule has 134 valence electrons. The van der Waals surface area contributed by atoms with E-state index in [-0.39, 0.29) is 5.91 Å². The van der Waals surface area contributed by atoms with Crippen molar-refractivity contribution < 1.29 is 9.32 Å². The SMILES string of the molecule is CN(CCC1CCCCC1)C(=O)CCc1nc(-c2cccnc2)no1. The highest BCUT2D eigenvalue weighted by Gasteiger charge is 2.17. The molecule has 1 saturated carbocycles. The van der Waals surface area contributed by atoms with Crippen molar-refractivity contribution in [2.24, 2.45) is 5.92 Å². The van der Waals surface area contributed by atoms with Crippen molar-refractivity contribution in [2.45, 2.75) is 51.4 Å². The Morgan fingerprint density at radius 2 is 2.16 bits per heavy atom. The average Bonchev–Trinajstić information content (AvgIpc) is 3.15. The van der Waals surface area contributed by atoms with Gasteiger partial charge in [-0.1, -0.05) is 37.3 Å². The Balaban J connectivity index is 1.43. The van der Waals surface area contributed by atoms with Gasteiger partial charge >= 0.3 is 0 Å². The molecule has 1 fully saturated rings. The molecular formula is C19H26N4O2. The minimum absolute atomic E-state index is 0.136. The molecule has 0 bridgehead atoms. The first-order chi connectivity index (χ1) is 12.2. The molecule has 0 radical (unpaired) electrons. The van der Waals surface area contributed by atoms with Gasteiger partial charge in [-0.15, -0.1) is 0 Å². The second kappa shape index (κ2) is 8.74. The van der Waals surface area contributed by atoms with Gasteiger partial charge in [0.15, 0.2) is 0 Å². The Bertz CT molecular complexity index is 665. The van der Waals surface area contributed by atoms with Gasteiger partial charge in [0.2, 0.25) is 17.6 Å². The van der Waals surface area contributed by atoms with Gasteiger partial charge in [-0.05, 0) is 24.5 Å². The second-order valence-corrected chi connectivity index (χ2v) is 6.86. The van der Waals surface area contributed by atoms with Gasteiger partial charge in [-0.25, -0.2) is 0 Å². The number of nitrogens with zero attached hydrogens (tertiary/aromatic N) is 4. The number of aryl methyl sites for hydroxylation is 1. The van der Waals surface area contributed by atoms with Gasteiger partial charge in [0.1, 0.15) is 0 Å². The zero-order valence-electron chi connectivity index (χ0n) is 14.9. The fourth-order valence-corrected chi connectivity index (χ4v) is 3.35. The zero-order chi connectivity index (χ0) is 17.5. The van der Waals surface area contributed by atoms with E-state index in [1.807, 2.05) is 24.1 Å². The number of rotatable bonds is 7. The highest BCUT2D eigenvalue weighted by atomic mass is 16.5. The predicted molar refractivity (Wildman–Crippen MR) is 94.7 cm³/mol. The van der Waals surface area contributed by atoms with Gasteiger partial charge in [-0.3, -0.25) is 9.78 Å². The summed E-state index contributed by atoms with van der Waals surface area (Å²) in [5.74, 6) is 1.94. The summed E-state index contributed by atoms with van der Waals surface area (Å²) in [6, 6.07) is 3.71. The van der Waals surface area contributed by atoms with Crippen LogP contribution >= 0.6 is 0 Å². The molecule has 1 aliphatic rings. The van der Waals surface area contributed by atoms with Crippen LogP contribution in [0.5, 0.6) is 0 Å². The number of amides is 1. The summed E-state index contributed by atoms with van der Waals surface area (Å²) in [5, 5.41) is 3.96. The van der Waals surface area contributed by atoms with Crippen LogP contribution in [-0.2, 0) is 11.2 Å². The standard InChI is InChI=1S/C19H26N4O2/c1-23(13-11-15-6-3-2-4-7-15)18(24)10-9-17-21-19(22-25-17)16-8-5-12-20-14-16/h5,8,12,14-15H,2-4,6-7,9-11,13H2,1H3. The Morgan fingerprint density at radius 1 is 1.32 bits per heavy atom. The van der Waals surface area contributed by atoms with Crippen LogP contribution in [0.15, 0.2) is 29.0 Å². The summed E-state index contributed by atoms with van der Waals surface area (Å²) < 4.78 is 5.24. The molecule has 2 heterocycles. The van der Waals surface area contributed by atoms with Crippen LogP contribution in [0.25, 0.3) is 11.4 Å². The monoisotopic (exact) mass is 342 g/mol. The normalized spacial score (nSPS) is 15.2. The predicted octanol–water partition coefficient (Wildman–Crippen LogP) is 3.49. The summed E-state index contributed by atoms with van der Waals surface area (Å²) >= 11 is 0. The fraction of sp³-hybridized carbons (Fsp3) is 0.579. The maximum atomic E-state index is 12.3. The van der Waals surface area contributed by atoms with Crippen LogP contribution in [0.1, 0.15) is 50.8 Å². The van der Waals surface area contributed by atoms with Crippen molar-refractivity contribution in [3.8, 4) is 11.4 Å². The second-order valence-electron chi connectivity index (χ2n) is 6.86. The molecule has 25 heavy (non-hydrogen) atoms. The molecule has 6 nitrogen and oxygen atoms in total. The lowest BCUT2D eigenvalue weighted by Gasteiger charge is -2.24. The van der Waals surface area contributed by atoms with E-state index in [1.54, 1.807) is 12.4 Å². The summed E-state index contributed by atoms with van der Waals surface area (Å²) in [6.45, 7) is 0.842. The van der Waals surface area contributed by atoms with E-state index in [1.165, 1.54) is 32.1 Å². The number of hydrogen-bond acceptors (Lipinski definition) is 5. The molecule has 1 amide bonds. The van der Waals surface area contributed by atoms with Gasteiger partial charge in [0.25, 0.3) is 0 Å². The first-order valence-electron chi connectivity index (χ1n) is 9.19. The highest BCUT2D eigenvalue weighted by Crippen LogP contribution is 2.26. The lowest BCUT2D eigenvalue weighted by Crippen LogP contribution is -2.29. The first kappa shape index (κ1) is 17.6. The van der Waals surface area contributed by atoms with Crippen LogP contribution in [0, 0.1) is 5.92 Å². The third kappa shape index (κ3) is 5.11. The third-order valence-electron chi connectivity index (χ3n) is 4.96. The quantitative estimate of drug-likeness (QED) is 0.770. The smallest absolute Gasteiger partial charge is 0.227 e. The average molecular weight is 342 g/mol. The van der Waals surface area contributed by atoms with E-state index in [9.17, 15) is 4.79 Å². The lowest BCUT2D eigenvalue weighted by molar-refractivity contribution is -0.130. The number of carbonyl (C=O) groups excluding carboxylic acids is 1. The number of aromatic nitrogens is 3. The molecule has 0 saturated heterocycles. The Kier molecular flexibility index (Phi) is 6.14. The van der Waals surface area contributed by atoms with Crippen LogP contribution in [0.4, 0.5) is 0 Å². The van der Waals surface area contributed by atoms with Gasteiger partial charge < -0.3 is 9.42 Å². The van der Waals surface area contributed by atoms with Crippen molar-refractivity contribution in [3.05, 3.63) is 30.4 Å². The minimum Gasteiger partial charge on any atom is -0.346 e. The molecule has 0 aliphatic heterocycles. The van der Waals surface area contributed by atoms with Crippen molar-refractivity contribution >= 4 is 5.91 Å². The molecule has 3 rings (SSSR count). The topological polar surface area (TPSA) is 72.1 Å². The Labute approximate surface area is 148 Å². The van der Waals surface area contributed by atoms with Crippen LogP contribution in [0.2, 0.25) is 0 Å². The number of pyridine rings is 1. The van der Waals surface area contributed by atoms with Crippen LogP contribution < -0.4 is 0 Å². The maximum Gasteiger partial charge on any atom is 0.227 e. The van der Waals surface area contributed by atoms with Crippen molar-refractivity contribution in [1.29, 1.82) is 0 Å². The highest BCUT2D eigenvalue weighted by molar-refractivity contribution is 5.76. The maximum absolute atomic E-state index is 12.3. The van der Waals surface area contributed by atoms with Gasteiger partial charge in [0, 0.05) is 44.4 Å². The summed E-state index contributed by atoms with van der Waals surface area (Å²) in [7, 11) is 1.89. The van der Waals surface area contributed by atoms with Crippen molar-refractivity contribution in [2.75, 3.05) is 13.6 Å². The van der Waals surface area contributed by atoms with E-state index in [0.717, 1.165) is 24.4 Å². The number of carbonyl (C=O) groups is 1.